The topological polar surface area (TPSA) is 137 Å². The SMILES string of the molecule is Cn1c(=O)c2[nH]c(NCCOC(N)=O)nc2n(C)c1=O. The molecule has 0 radical (unpaired) electrons. The molecule has 0 aliphatic heterocycles. The van der Waals surface area contributed by atoms with Gasteiger partial charge in [-0.05, 0) is 0 Å². The molecule has 10 nitrogen and oxygen atoms in total. The van der Waals surface area contributed by atoms with Crippen LogP contribution in [0.1, 0.15) is 0 Å². The van der Waals surface area contributed by atoms with E-state index in [0.717, 1.165) is 4.57 Å². The molecule has 4 N–H and O–H groups in total. The van der Waals surface area contributed by atoms with Gasteiger partial charge >= 0.3 is 11.8 Å². The molecule has 2 aromatic heterocycles. The van der Waals surface area contributed by atoms with Gasteiger partial charge < -0.3 is 20.8 Å². The van der Waals surface area contributed by atoms with Crippen molar-refractivity contribution < 1.29 is 9.53 Å². The standard InChI is InChI=1S/C10H14N6O4/c1-15-6-5(7(17)16(2)10(15)19)13-9(14-6)12-3-4-20-8(11)18/h3-4H2,1-2H3,(H2,11,18)(H2,12,13,14). The number of primary amides is 1. The minimum atomic E-state index is -0.868. The highest BCUT2D eigenvalue weighted by Gasteiger charge is 2.12. The number of aryl methyl sites for hydroxylation is 1. The normalized spacial score (nSPS) is 10.7. The van der Waals surface area contributed by atoms with Crippen molar-refractivity contribution in [2.45, 2.75) is 0 Å². The quantitative estimate of drug-likeness (QED) is 0.582. The van der Waals surface area contributed by atoms with Gasteiger partial charge in [0.15, 0.2) is 11.2 Å². The maximum absolute atomic E-state index is 11.9. The van der Waals surface area contributed by atoms with Gasteiger partial charge in [0.05, 0.1) is 6.54 Å². The van der Waals surface area contributed by atoms with Gasteiger partial charge in [0.1, 0.15) is 6.61 Å². The summed E-state index contributed by atoms with van der Waals surface area (Å²) in [6, 6.07) is 0. The lowest BCUT2D eigenvalue weighted by molar-refractivity contribution is 0.161. The number of fused-ring (bicyclic) bond motifs is 1. The number of carbonyl (C=O) groups excluding carboxylic acids is 1. The molecule has 0 saturated carbocycles. The third kappa shape index (κ3) is 2.35. The van der Waals surface area contributed by atoms with Crippen LogP contribution < -0.4 is 22.3 Å². The molecule has 0 aliphatic rings. The molecule has 0 spiro atoms. The second-order valence-electron chi connectivity index (χ2n) is 4.08. The average molecular weight is 282 g/mol. The van der Waals surface area contributed by atoms with Gasteiger partial charge in [-0.3, -0.25) is 13.9 Å². The summed E-state index contributed by atoms with van der Waals surface area (Å²) in [5.74, 6) is 0.298. The zero-order chi connectivity index (χ0) is 14.9. The van der Waals surface area contributed by atoms with Crippen molar-refractivity contribution >= 4 is 23.2 Å². The highest BCUT2D eigenvalue weighted by Crippen LogP contribution is 2.07. The van der Waals surface area contributed by atoms with Crippen molar-refractivity contribution in [2.24, 2.45) is 19.8 Å². The van der Waals surface area contributed by atoms with Gasteiger partial charge in [-0.15, -0.1) is 0 Å². The Labute approximate surface area is 112 Å². The van der Waals surface area contributed by atoms with E-state index in [1.165, 1.54) is 18.7 Å². The van der Waals surface area contributed by atoms with Crippen LogP contribution in [-0.2, 0) is 18.8 Å². The van der Waals surface area contributed by atoms with Crippen LogP contribution >= 0.6 is 0 Å². The number of imidazole rings is 1. The zero-order valence-electron chi connectivity index (χ0n) is 11.0. The molecule has 0 aromatic carbocycles. The van der Waals surface area contributed by atoms with Crippen LogP contribution in [0, 0.1) is 0 Å². The molecule has 1 amide bonds. The summed E-state index contributed by atoms with van der Waals surface area (Å²) in [5, 5.41) is 2.82. The number of aromatic nitrogens is 4. The predicted molar refractivity (Wildman–Crippen MR) is 70.6 cm³/mol. The van der Waals surface area contributed by atoms with Gasteiger partial charge in [0.2, 0.25) is 5.95 Å². The lowest BCUT2D eigenvalue weighted by atomic mass is 10.5. The Morgan fingerprint density at radius 2 is 2.10 bits per heavy atom. The third-order valence-corrected chi connectivity index (χ3v) is 2.73. The molecule has 0 atom stereocenters. The molecule has 0 bridgehead atoms. The molecule has 0 unspecified atom stereocenters. The number of nitrogens with zero attached hydrogens (tertiary/aromatic N) is 3. The smallest absolute Gasteiger partial charge is 0.404 e. The summed E-state index contributed by atoms with van der Waals surface area (Å²) in [5.41, 5.74) is 4.35. The van der Waals surface area contributed by atoms with Crippen LogP contribution in [0.4, 0.5) is 10.7 Å². The van der Waals surface area contributed by atoms with E-state index < -0.39 is 17.3 Å². The van der Waals surface area contributed by atoms with E-state index in [1.54, 1.807) is 0 Å². The number of rotatable bonds is 4. The molecular formula is C10H14N6O4. The van der Waals surface area contributed by atoms with Crippen molar-refractivity contribution in [3.05, 3.63) is 20.8 Å². The van der Waals surface area contributed by atoms with Gasteiger partial charge in [0, 0.05) is 14.1 Å². The van der Waals surface area contributed by atoms with Crippen molar-refractivity contribution in [1.82, 2.24) is 19.1 Å². The lowest BCUT2D eigenvalue weighted by Crippen LogP contribution is -2.36. The van der Waals surface area contributed by atoms with Crippen molar-refractivity contribution in [1.29, 1.82) is 0 Å². The van der Waals surface area contributed by atoms with E-state index >= 15 is 0 Å². The largest absolute Gasteiger partial charge is 0.448 e. The summed E-state index contributed by atoms with van der Waals surface area (Å²) in [6.45, 7) is 0.320. The highest BCUT2D eigenvalue weighted by molar-refractivity contribution is 5.72. The van der Waals surface area contributed by atoms with Crippen LogP contribution in [0.3, 0.4) is 0 Å². The van der Waals surface area contributed by atoms with Crippen molar-refractivity contribution in [3.63, 3.8) is 0 Å². The van der Waals surface area contributed by atoms with E-state index in [0.29, 0.717) is 5.95 Å². The Morgan fingerprint density at radius 1 is 1.40 bits per heavy atom. The molecule has 2 aromatic rings. The van der Waals surface area contributed by atoms with E-state index in [4.69, 9.17) is 5.73 Å². The average Bonchev–Trinajstić information content (AvgIpc) is 2.83. The molecule has 2 heterocycles. The molecule has 0 aliphatic carbocycles. The fraction of sp³-hybridized carbons (Fsp3) is 0.400. The summed E-state index contributed by atoms with van der Waals surface area (Å²) < 4.78 is 6.79. The Kier molecular flexibility index (Phi) is 3.46. The number of amides is 1. The Bertz CT molecular complexity index is 770. The maximum atomic E-state index is 11.9. The maximum Gasteiger partial charge on any atom is 0.404 e. The van der Waals surface area contributed by atoms with Crippen LogP contribution in [0.2, 0.25) is 0 Å². The van der Waals surface area contributed by atoms with Gasteiger partial charge in [-0.25, -0.2) is 9.59 Å². The number of carbonyl (C=O) groups is 1. The lowest BCUT2D eigenvalue weighted by Gasteiger charge is -2.01. The minimum absolute atomic E-state index is 0.0588. The van der Waals surface area contributed by atoms with E-state index in [2.05, 4.69) is 20.0 Å². The predicted octanol–water partition coefficient (Wildman–Crippen LogP) is -1.53. The number of hydrogen-bond acceptors (Lipinski definition) is 6. The van der Waals surface area contributed by atoms with Crippen LogP contribution in [0.15, 0.2) is 9.59 Å². The first-order valence-corrected chi connectivity index (χ1v) is 5.73. The number of aromatic amines is 1. The van der Waals surface area contributed by atoms with Crippen molar-refractivity contribution in [3.8, 4) is 0 Å². The highest BCUT2D eigenvalue weighted by atomic mass is 16.5. The Balaban J connectivity index is 2.28. The fourth-order valence-corrected chi connectivity index (χ4v) is 1.73. The van der Waals surface area contributed by atoms with Gasteiger partial charge in [-0.1, -0.05) is 0 Å². The molecule has 108 valence electrons. The number of anilines is 1. The first-order valence-electron chi connectivity index (χ1n) is 5.73. The van der Waals surface area contributed by atoms with Crippen LogP contribution in [0.5, 0.6) is 0 Å². The first kappa shape index (κ1) is 13.6. The van der Waals surface area contributed by atoms with Crippen molar-refractivity contribution in [2.75, 3.05) is 18.5 Å². The van der Waals surface area contributed by atoms with Gasteiger partial charge in [-0.2, -0.15) is 4.98 Å². The molecule has 0 fully saturated rings. The summed E-state index contributed by atoms with van der Waals surface area (Å²) in [7, 11) is 2.91. The monoisotopic (exact) mass is 282 g/mol. The Morgan fingerprint density at radius 3 is 2.75 bits per heavy atom. The fourth-order valence-electron chi connectivity index (χ4n) is 1.73. The van der Waals surface area contributed by atoms with Crippen LogP contribution in [-0.4, -0.2) is 38.3 Å². The second kappa shape index (κ2) is 5.07. The second-order valence-corrected chi connectivity index (χ2v) is 4.08. The number of nitrogens with two attached hydrogens (primary N) is 1. The first-order chi connectivity index (χ1) is 9.41. The number of H-pyrrole nitrogens is 1. The Hall–Kier alpha value is -2.78. The molecule has 2 rings (SSSR count). The molecular weight excluding hydrogens is 268 g/mol. The third-order valence-electron chi connectivity index (χ3n) is 2.73. The summed E-state index contributed by atoms with van der Waals surface area (Å²) >= 11 is 0. The number of nitrogens with one attached hydrogen (secondary N) is 2. The molecule has 0 saturated heterocycles. The van der Waals surface area contributed by atoms with Gasteiger partial charge in [0.25, 0.3) is 5.56 Å². The number of ether oxygens (including phenoxy) is 1. The summed E-state index contributed by atoms with van der Waals surface area (Å²) in [6.07, 6.45) is -0.868. The van der Waals surface area contributed by atoms with E-state index in [-0.39, 0.29) is 24.3 Å². The number of hydrogen-bond donors (Lipinski definition) is 3. The van der Waals surface area contributed by atoms with Crippen LogP contribution in [0.25, 0.3) is 11.2 Å². The minimum Gasteiger partial charge on any atom is -0.448 e. The summed E-state index contributed by atoms with van der Waals surface area (Å²) in [4.78, 5) is 40.9. The molecule has 20 heavy (non-hydrogen) atoms. The zero-order valence-corrected chi connectivity index (χ0v) is 11.0. The van der Waals surface area contributed by atoms with E-state index in [9.17, 15) is 14.4 Å². The molecule has 10 heteroatoms. The van der Waals surface area contributed by atoms with E-state index in [1.807, 2.05) is 0 Å².